The Balaban J connectivity index is 2.27. The molecule has 0 aliphatic rings. The fraction of sp³-hybridized carbons (Fsp3) is 0.294. The molecule has 0 saturated heterocycles. The molecule has 2 aromatic rings. The van der Waals surface area contributed by atoms with Gasteiger partial charge in [0.1, 0.15) is 11.5 Å². The van der Waals surface area contributed by atoms with E-state index in [4.69, 9.17) is 9.47 Å². The summed E-state index contributed by atoms with van der Waals surface area (Å²) in [6.07, 6.45) is 0. The maximum absolute atomic E-state index is 12.6. The van der Waals surface area contributed by atoms with Crippen molar-refractivity contribution in [2.45, 2.75) is 25.3 Å². The van der Waals surface area contributed by atoms with Crippen LogP contribution in [-0.4, -0.2) is 22.6 Å². The Morgan fingerprint density at radius 1 is 0.957 bits per heavy atom. The van der Waals surface area contributed by atoms with E-state index in [2.05, 4.69) is 4.72 Å². The molecule has 1 N–H and O–H groups in total. The number of methoxy groups -OCH3 is 2. The van der Waals surface area contributed by atoms with Crippen molar-refractivity contribution in [3.63, 3.8) is 0 Å². The highest BCUT2D eigenvalue weighted by Gasteiger charge is 2.19. The van der Waals surface area contributed by atoms with Crippen LogP contribution in [0.3, 0.4) is 0 Å². The van der Waals surface area contributed by atoms with Crippen LogP contribution in [0.25, 0.3) is 0 Å². The molecule has 0 spiro atoms. The van der Waals surface area contributed by atoms with Gasteiger partial charge in [0.15, 0.2) is 0 Å². The van der Waals surface area contributed by atoms with Crippen molar-refractivity contribution in [2.24, 2.45) is 0 Å². The first-order valence-corrected chi connectivity index (χ1v) is 8.64. The third-order valence-corrected chi connectivity index (χ3v) is 5.17. The highest BCUT2D eigenvalue weighted by Crippen LogP contribution is 2.26. The normalized spacial score (nSPS) is 11.3. The van der Waals surface area contributed by atoms with Gasteiger partial charge in [-0.1, -0.05) is 18.2 Å². The van der Waals surface area contributed by atoms with Crippen LogP contribution in [-0.2, 0) is 16.6 Å². The second-order valence-corrected chi connectivity index (χ2v) is 6.96. The van der Waals surface area contributed by atoms with Crippen molar-refractivity contribution in [1.29, 1.82) is 0 Å². The van der Waals surface area contributed by atoms with Gasteiger partial charge in [0.05, 0.1) is 19.1 Å². The van der Waals surface area contributed by atoms with Crippen LogP contribution in [0, 0.1) is 13.8 Å². The van der Waals surface area contributed by atoms with Crippen LogP contribution < -0.4 is 14.2 Å². The summed E-state index contributed by atoms with van der Waals surface area (Å²) in [6, 6.07) is 10.7. The van der Waals surface area contributed by atoms with Crippen LogP contribution >= 0.6 is 0 Å². The topological polar surface area (TPSA) is 64.6 Å². The van der Waals surface area contributed by atoms with Crippen LogP contribution in [0.5, 0.6) is 11.5 Å². The van der Waals surface area contributed by atoms with Gasteiger partial charge in [-0.05, 0) is 43.2 Å². The fourth-order valence-electron chi connectivity index (χ4n) is 2.37. The molecule has 0 saturated carbocycles. The predicted molar refractivity (Wildman–Crippen MR) is 89.5 cm³/mol. The average molecular weight is 335 g/mol. The molecule has 0 atom stereocenters. The molecule has 2 rings (SSSR count). The lowest BCUT2D eigenvalue weighted by molar-refractivity contribution is 0.409. The summed E-state index contributed by atoms with van der Waals surface area (Å²) in [5, 5.41) is 0. The Kier molecular flexibility index (Phi) is 5.28. The fourth-order valence-corrected chi connectivity index (χ4v) is 3.69. The highest BCUT2D eigenvalue weighted by atomic mass is 32.2. The number of rotatable bonds is 6. The van der Waals surface area contributed by atoms with Crippen LogP contribution in [0.2, 0.25) is 0 Å². The molecule has 0 amide bonds. The molecule has 2 aromatic carbocycles. The quantitative estimate of drug-likeness (QED) is 0.882. The highest BCUT2D eigenvalue weighted by molar-refractivity contribution is 7.89. The summed E-state index contributed by atoms with van der Waals surface area (Å²) in [5.74, 6) is 1.32. The second-order valence-electron chi connectivity index (χ2n) is 5.22. The van der Waals surface area contributed by atoms with Gasteiger partial charge in [-0.25, -0.2) is 13.1 Å². The van der Waals surface area contributed by atoms with Crippen molar-refractivity contribution in [1.82, 2.24) is 4.72 Å². The van der Waals surface area contributed by atoms with Gasteiger partial charge in [-0.3, -0.25) is 0 Å². The van der Waals surface area contributed by atoms with E-state index in [-0.39, 0.29) is 11.4 Å². The zero-order valence-electron chi connectivity index (χ0n) is 13.7. The lowest BCUT2D eigenvalue weighted by Crippen LogP contribution is -2.24. The third-order valence-electron chi connectivity index (χ3n) is 3.63. The van der Waals surface area contributed by atoms with Crippen LogP contribution in [0.15, 0.2) is 41.3 Å². The first kappa shape index (κ1) is 17.3. The third kappa shape index (κ3) is 3.83. The second kappa shape index (κ2) is 7.02. The summed E-state index contributed by atoms with van der Waals surface area (Å²) in [5.41, 5.74) is 2.19. The Labute approximate surface area is 137 Å². The summed E-state index contributed by atoms with van der Waals surface area (Å²) in [4.78, 5) is 0.255. The van der Waals surface area contributed by atoms with E-state index >= 15 is 0 Å². The number of benzene rings is 2. The van der Waals surface area contributed by atoms with E-state index in [9.17, 15) is 8.42 Å². The monoisotopic (exact) mass is 335 g/mol. The van der Waals surface area contributed by atoms with Gasteiger partial charge in [0.2, 0.25) is 10.0 Å². The minimum atomic E-state index is -3.62. The van der Waals surface area contributed by atoms with Gasteiger partial charge in [-0.2, -0.15) is 0 Å². The number of nitrogens with one attached hydrogen (secondary N) is 1. The number of aryl methyl sites for hydroxylation is 2. The minimum absolute atomic E-state index is 0.164. The zero-order chi connectivity index (χ0) is 17.0. The molecular formula is C17H21NO4S. The Bertz CT molecular complexity index is 800. The SMILES string of the molecule is COc1cc(C)c(S(=O)(=O)NCc2ccccc2OC)cc1C. The van der Waals surface area contributed by atoms with Gasteiger partial charge in [-0.15, -0.1) is 0 Å². The molecule has 0 bridgehead atoms. The summed E-state index contributed by atoms with van der Waals surface area (Å²) >= 11 is 0. The van der Waals surface area contributed by atoms with Crippen molar-refractivity contribution in [2.75, 3.05) is 14.2 Å². The number of ether oxygens (including phenoxy) is 2. The molecule has 0 unspecified atom stereocenters. The standard InChI is InChI=1S/C17H21NO4S/c1-12-10-17(13(2)9-16(12)22-4)23(19,20)18-11-14-7-5-6-8-15(14)21-3/h5-10,18H,11H2,1-4H3. The Hall–Kier alpha value is -2.05. The molecule has 6 heteroatoms. The summed E-state index contributed by atoms with van der Waals surface area (Å²) in [7, 11) is -0.498. The molecular weight excluding hydrogens is 314 g/mol. The molecule has 5 nitrogen and oxygen atoms in total. The Morgan fingerprint density at radius 2 is 1.61 bits per heavy atom. The molecule has 0 aromatic heterocycles. The zero-order valence-corrected chi connectivity index (χ0v) is 14.5. The number of hydrogen-bond acceptors (Lipinski definition) is 4. The van der Waals surface area contributed by atoms with E-state index in [1.54, 1.807) is 39.3 Å². The average Bonchev–Trinajstić information content (AvgIpc) is 2.54. The first-order valence-electron chi connectivity index (χ1n) is 7.16. The van der Waals surface area contributed by atoms with Crippen molar-refractivity contribution in [3.05, 3.63) is 53.1 Å². The minimum Gasteiger partial charge on any atom is -0.496 e. The molecule has 0 radical (unpaired) electrons. The number of para-hydroxylation sites is 1. The van der Waals surface area contributed by atoms with E-state index in [0.717, 1.165) is 11.1 Å². The number of sulfonamides is 1. The van der Waals surface area contributed by atoms with Crippen molar-refractivity contribution in [3.8, 4) is 11.5 Å². The summed E-state index contributed by atoms with van der Waals surface area (Å²) in [6.45, 7) is 3.73. The van der Waals surface area contributed by atoms with Crippen LogP contribution in [0.4, 0.5) is 0 Å². The molecule has 0 aliphatic carbocycles. The van der Waals surface area contributed by atoms with Gasteiger partial charge >= 0.3 is 0 Å². The Morgan fingerprint density at radius 3 is 2.26 bits per heavy atom. The molecule has 0 aliphatic heterocycles. The van der Waals surface area contributed by atoms with Gasteiger partial charge in [0, 0.05) is 12.1 Å². The van der Waals surface area contributed by atoms with Gasteiger partial charge in [0.25, 0.3) is 0 Å². The van der Waals surface area contributed by atoms with E-state index < -0.39 is 10.0 Å². The number of hydrogen-bond donors (Lipinski definition) is 1. The largest absolute Gasteiger partial charge is 0.496 e. The maximum atomic E-state index is 12.6. The first-order chi connectivity index (χ1) is 10.9. The van der Waals surface area contributed by atoms with E-state index in [1.165, 1.54) is 0 Å². The van der Waals surface area contributed by atoms with Crippen molar-refractivity contribution < 1.29 is 17.9 Å². The maximum Gasteiger partial charge on any atom is 0.241 e. The lowest BCUT2D eigenvalue weighted by atomic mass is 10.1. The summed E-state index contributed by atoms with van der Waals surface area (Å²) < 4.78 is 38.3. The molecule has 0 fully saturated rings. The lowest BCUT2D eigenvalue weighted by Gasteiger charge is -2.14. The molecule has 23 heavy (non-hydrogen) atoms. The smallest absolute Gasteiger partial charge is 0.241 e. The van der Waals surface area contributed by atoms with Crippen molar-refractivity contribution >= 4 is 10.0 Å². The molecule has 0 heterocycles. The van der Waals surface area contributed by atoms with E-state index in [1.807, 2.05) is 25.1 Å². The molecule has 124 valence electrons. The predicted octanol–water partition coefficient (Wildman–Crippen LogP) is 2.80. The van der Waals surface area contributed by atoms with E-state index in [0.29, 0.717) is 17.1 Å². The van der Waals surface area contributed by atoms with Gasteiger partial charge < -0.3 is 9.47 Å². The van der Waals surface area contributed by atoms with Crippen LogP contribution in [0.1, 0.15) is 16.7 Å².